The summed E-state index contributed by atoms with van der Waals surface area (Å²) in [6.45, 7) is 6.22. The van der Waals surface area contributed by atoms with E-state index < -0.39 is 18.2 Å². The Morgan fingerprint density at radius 1 is 1.19 bits per heavy atom. The highest BCUT2D eigenvalue weighted by molar-refractivity contribution is 5.95. The molecule has 0 bridgehead atoms. The minimum absolute atomic E-state index is 0.0932. The van der Waals surface area contributed by atoms with Gasteiger partial charge in [-0.2, -0.15) is 0 Å². The van der Waals surface area contributed by atoms with Crippen LogP contribution in [0.15, 0.2) is 24.3 Å². The Morgan fingerprint density at radius 2 is 1.81 bits per heavy atom. The molecule has 1 amide bonds. The van der Waals surface area contributed by atoms with E-state index >= 15 is 0 Å². The van der Waals surface area contributed by atoms with Gasteiger partial charge in [-0.05, 0) is 29.9 Å². The fourth-order valence-corrected chi connectivity index (χ4v) is 2.47. The van der Waals surface area contributed by atoms with Gasteiger partial charge in [-0.15, -0.1) is 0 Å². The van der Waals surface area contributed by atoms with Crippen molar-refractivity contribution < 1.29 is 19.4 Å². The van der Waals surface area contributed by atoms with E-state index in [1.807, 2.05) is 24.3 Å². The Kier molecular flexibility index (Phi) is 4.32. The van der Waals surface area contributed by atoms with Gasteiger partial charge in [-0.3, -0.25) is 4.79 Å². The molecule has 2 N–H and O–H groups in total. The number of hydrogen-bond acceptors (Lipinski definition) is 3. The maximum Gasteiger partial charge on any atom is 0.332 e. The van der Waals surface area contributed by atoms with E-state index in [4.69, 9.17) is 9.84 Å². The van der Waals surface area contributed by atoms with Gasteiger partial charge in [0.1, 0.15) is 6.10 Å². The largest absolute Gasteiger partial charge is 0.479 e. The van der Waals surface area contributed by atoms with Crippen LogP contribution in [0.4, 0.5) is 5.69 Å². The molecule has 2 rings (SSSR count). The molecule has 1 aromatic rings. The number of anilines is 1. The minimum atomic E-state index is -1.01. The number of rotatable bonds is 3. The lowest BCUT2D eigenvalue weighted by atomic mass is 9.86. The van der Waals surface area contributed by atoms with Crippen LogP contribution in [0.25, 0.3) is 0 Å². The number of para-hydroxylation sites is 1. The van der Waals surface area contributed by atoms with Gasteiger partial charge in [0.25, 0.3) is 5.91 Å². The fourth-order valence-electron chi connectivity index (χ4n) is 2.47. The molecular formula is C16H21NO4. The van der Waals surface area contributed by atoms with Gasteiger partial charge in [0.05, 0.1) is 0 Å². The molecule has 1 fully saturated rings. The Balaban J connectivity index is 2.09. The van der Waals surface area contributed by atoms with E-state index in [1.165, 1.54) is 0 Å². The minimum Gasteiger partial charge on any atom is -0.479 e. The molecule has 0 radical (unpaired) electrons. The van der Waals surface area contributed by atoms with Gasteiger partial charge in [0.2, 0.25) is 0 Å². The molecule has 5 nitrogen and oxygen atoms in total. The summed E-state index contributed by atoms with van der Waals surface area (Å²) in [5.74, 6) is -1.30. The van der Waals surface area contributed by atoms with Crippen LogP contribution in [-0.4, -0.2) is 29.2 Å². The van der Waals surface area contributed by atoms with Crippen molar-refractivity contribution in [3.05, 3.63) is 29.8 Å². The first kappa shape index (κ1) is 15.5. The molecule has 1 heterocycles. The number of benzene rings is 1. The second-order valence-corrected chi connectivity index (χ2v) is 6.31. The topological polar surface area (TPSA) is 75.6 Å². The molecule has 0 saturated carbocycles. The number of carbonyl (C=O) groups is 2. The molecule has 21 heavy (non-hydrogen) atoms. The van der Waals surface area contributed by atoms with Crippen LogP contribution in [0, 0.1) is 0 Å². The van der Waals surface area contributed by atoms with Crippen molar-refractivity contribution in [2.75, 3.05) is 5.32 Å². The normalized spacial score (nSPS) is 22.0. The second-order valence-electron chi connectivity index (χ2n) is 6.31. The lowest BCUT2D eigenvalue weighted by Crippen LogP contribution is -2.30. The van der Waals surface area contributed by atoms with Crippen molar-refractivity contribution in [2.24, 2.45) is 0 Å². The van der Waals surface area contributed by atoms with Crippen molar-refractivity contribution >= 4 is 17.6 Å². The van der Waals surface area contributed by atoms with Gasteiger partial charge in [-0.1, -0.05) is 39.0 Å². The third kappa shape index (κ3) is 3.61. The summed E-state index contributed by atoms with van der Waals surface area (Å²) in [5, 5.41) is 11.8. The number of ether oxygens (including phenoxy) is 1. The van der Waals surface area contributed by atoms with Gasteiger partial charge >= 0.3 is 5.97 Å². The average Bonchev–Trinajstić information content (AvgIpc) is 2.88. The highest BCUT2D eigenvalue weighted by Gasteiger charge is 2.35. The fraction of sp³-hybridized carbons (Fsp3) is 0.500. The van der Waals surface area contributed by atoms with Crippen LogP contribution in [-0.2, 0) is 19.7 Å². The summed E-state index contributed by atoms with van der Waals surface area (Å²) in [6.07, 6.45) is -0.771. The van der Waals surface area contributed by atoms with Gasteiger partial charge in [0.15, 0.2) is 6.10 Å². The summed E-state index contributed by atoms with van der Waals surface area (Å²) >= 11 is 0. The van der Waals surface area contributed by atoms with E-state index in [-0.39, 0.29) is 11.3 Å². The number of carboxylic acid groups (broad SMARTS) is 1. The predicted octanol–water partition coefficient (Wildman–Crippen LogP) is 2.55. The molecule has 1 aliphatic rings. The smallest absolute Gasteiger partial charge is 0.332 e. The van der Waals surface area contributed by atoms with Crippen LogP contribution >= 0.6 is 0 Å². The highest BCUT2D eigenvalue weighted by atomic mass is 16.5. The van der Waals surface area contributed by atoms with Crippen LogP contribution < -0.4 is 5.32 Å². The molecule has 2 atom stereocenters. The molecule has 0 spiro atoms. The van der Waals surface area contributed by atoms with Gasteiger partial charge < -0.3 is 15.2 Å². The lowest BCUT2D eigenvalue weighted by molar-refractivity contribution is -0.150. The molecule has 0 aliphatic carbocycles. The van der Waals surface area contributed by atoms with Crippen molar-refractivity contribution in [3.8, 4) is 0 Å². The van der Waals surface area contributed by atoms with E-state index in [1.54, 1.807) is 0 Å². The quantitative estimate of drug-likeness (QED) is 0.897. The monoisotopic (exact) mass is 291 g/mol. The zero-order chi connectivity index (χ0) is 15.6. The Hall–Kier alpha value is -1.88. The van der Waals surface area contributed by atoms with Crippen LogP contribution in [0.2, 0.25) is 0 Å². The molecule has 1 aromatic carbocycles. The van der Waals surface area contributed by atoms with Gasteiger partial charge in [0, 0.05) is 5.69 Å². The van der Waals surface area contributed by atoms with E-state index in [0.29, 0.717) is 12.8 Å². The summed E-state index contributed by atoms with van der Waals surface area (Å²) < 4.78 is 5.27. The average molecular weight is 291 g/mol. The third-order valence-corrected chi connectivity index (χ3v) is 3.58. The maximum absolute atomic E-state index is 12.2. The van der Waals surface area contributed by atoms with Crippen molar-refractivity contribution in [2.45, 2.75) is 51.2 Å². The first-order chi connectivity index (χ1) is 9.79. The molecule has 5 heteroatoms. The molecule has 1 aliphatic heterocycles. The SMILES string of the molecule is CC(C)(C)c1ccccc1NC(=O)C1CCC(C(=O)O)O1. The van der Waals surface area contributed by atoms with E-state index in [0.717, 1.165) is 11.3 Å². The second kappa shape index (κ2) is 5.85. The zero-order valence-corrected chi connectivity index (χ0v) is 12.6. The lowest BCUT2D eigenvalue weighted by Gasteiger charge is -2.23. The Morgan fingerprint density at radius 3 is 2.38 bits per heavy atom. The summed E-state index contributed by atoms with van der Waals surface area (Å²) in [7, 11) is 0. The Bertz CT molecular complexity index is 547. The number of hydrogen-bond donors (Lipinski definition) is 2. The van der Waals surface area contributed by atoms with Crippen LogP contribution in [0.1, 0.15) is 39.2 Å². The first-order valence-electron chi connectivity index (χ1n) is 7.07. The Labute approximate surface area is 124 Å². The first-order valence-corrected chi connectivity index (χ1v) is 7.07. The van der Waals surface area contributed by atoms with Crippen LogP contribution in [0.5, 0.6) is 0 Å². The number of carboxylic acids is 1. The molecule has 1 saturated heterocycles. The molecule has 114 valence electrons. The van der Waals surface area contributed by atoms with Crippen molar-refractivity contribution in [1.82, 2.24) is 0 Å². The molecule has 2 unspecified atom stereocenters. The zero-order valence-electron chi connectivity index (χ0n) is 12.6. The highest BCUT2D eigenvalue weighted by Crippen LogP contribution is 2.30. The summed E-state index contributed by atoms with van der Waals surface area (Å²) in [5.41, 5.74) is 1.69. The van der Waals surface area contributed by atoms with Crippen molar-refractivity contribution in [3.63, 3.8) is 0 Å². The van der Waals surface area contributed by atoms with E-state index in [2.05, 4.69) is 26.1 Å². The number of amides is 1. The standard InChI is InChI=1S/C16H21NO4/c1-16(2,3)10-6-4-5-7-11(10)17-14(18)12-8-9-13(21-12)15(19)20/h4-7,12-13H,8-9H2,1-3H3,(H,17,18)(H,19,20). The third-order valence-electron chi connectivity index (χ3n) is 3.58. The predicted molar refractivity (Wildman–Crippen MR) is 79.3 cm³/mol. The number of carbonyl (C=O) groups excluding carboxylic acids is 1. The maximum atomic E-state index is 12.2. The summed E-state index contributed by atoms with van der Waals surface area (Å²) in [6, 6.07) is 7.62. The van der Waals surface area contributed by atoms with Crippen molar-refractivity contribution in [1.29, 1.82) is 0 Å². The number of aliphatic carboxylic acids is 1. The van der Waals surface area contributed by atoms with Gasteiger partial charge in [-0.25, -0.2) is 4.79 Å². The molecule has 0 aromatic heterocycles. The summed E-state index contributed by atoms with van der Waals surface area (Å²) in [4.78, 5) is 23.1. The van der Waals surface area contributed by atoms with Crippen LogP contribution in [0.3, 0.4) is 0 Å². The number of nitrogens with one attached hydrogen (secondary N) is 1. The molecular weight excluding hydrogens is 270 g/mol. The van der Waals surface area contributed by atoms with E-state index in [9.17, 15) is 9.59 Å².